The molecule has 1 fully saturated rings. The van der Waals surface area contributed by atoms with E-state index < -0.39 is 12.6 Å². The molecule has 0 aromatic carbocycles. The molecule has 0 amide bonds. The van der Waals surface area contributed by atoms with E-state index in [4.69, 9.17) is 0 Å². The third kappa shape index (κ3) is 4.28. The summed E-state index contributed by atoms with van der Waals surface area (Å²) in [6, 6.07) is 0.358. The van der Waals surface area contributed by atoms with Crippen molar-refractivity contribution in [1.82, 2.24) is 10.2 Å². The van der Waals surface area contributed by atoms with Crippen LogP contribution in [0.1, 0.15) is 19.8 Å². The van der Waals surface area contributed by atoms with Gasteiger partial charge in [-0.1, -0.05) is 0 Å². The molecular formula is C9H17F3N2. The van der Waals surface area contributed by atoms with Gasteiger partial charge in [0.05, 0.1) is 0 Å². The van der Waals surface area contributed by atoms with Crippen molar-refractivity contribution >= 4 is 0 Å². The molecule has 5 heteroatoms. The summed E-state index contributed by atoms with van der Waals surface area (Å²) in [4.78, 5) is 2.11. The minimum absolute atomic E-state index is 0.216. The van der Waals surface area contributed by atoms with Crippen molar-refractivity contribution in [2.45, 2.75) is 32.0 Å². The normalized spacial score (nSPS) is 25.3. The largest absolute Gasteiger partial charge is 0.389 e. The molecule has 0 saturated carbocycles. The van der Waals surface area contributed by atoms with Gasteiger partial charge < -0.3 is 5.32 Å². The molecule has 1 rings (SSSR count). The van der Waals surface area contributed by atoms with Crippen molar-refractivity contribution in [1.29, 1.82) is 0 Å². The smallest absolute Gasteiger partial charge is 0.314 e. The van der Waals surface area contributed by atoms with Gasteiger partial charge in [-0.2, -0.15) is 13.2 Å². The topological polar surface area (TPSA) is 15.3 Å². The molecule has 1 heterocycles. The Morgan fingerprint density at radius 1 is 1.43 bits per heavy atom. The van der Waals surface area contributed by atoms with Gasteiger partial charge in [0, 0.05) is 32.1 Å². The van der Waals surface area contributed by atoms with Gasteiger partial charge in [0.25, 0.3) is 0 Å². The number of piperazine rings is 1. The van der Waals surface area contributed by atoms with E-state index in [0.29, 0.717) is 12.6 Å². The summed E-state index contributed by atoms with van der Waals surface area (Å²) >= 11 is 0. The summed E-state index contributed by atoms with van der Waals surface area (Å²) in [7, 11) is 0. The Morgan fingerprint density at radius 2 is 2.14 bits per heavy atom. The van der Waals surface area contributed by atoms with Crippen molar-refractivity contribution in [3.8, 4) is 0 Å². The predicted octanol–water partition coefficient (Wildman–Crippen LogP) is 1.62. The minimum atomic E-state index is -4.00. The van der Waals surface area contributed by atoms with E-state index in [-0.39, 0.29) is 6.42 Å². The van der Waals surface area contributed by atoms with E-state index in [0.717, 1.165) is 19.6 Å². The van der Waals surface area contributed by atoms with Gasteiger partial charge in [-0.05, 0) is 19.9 Å². The summed E-state index contributed by atoms with van der Waals surface area (Å²) < 4.78 is 35.6. The first kappa shape index (κ1) is 11.8. The molecule has 0 aromatic heterocycles. The molecule has 0 spiro atoms. The first-order chi connectivity index (χ1) is 6.49. The summed E-state index contributed by atoms with van der Waals surface area (Å²) in [5.74, 6) is 0. The van der Waals surface area contributed by atoms with Crippen LogP contribution in [0.3, 0.4) is 0 Å². The maximum atomic E-state index is 11.9. The number of halogens is 3. The molecule has 1 N–H and O–H groups in total. The first-order valence-electron chi connectivity index (χ1n) is 5.00. The minimum Gasteiger partial charge on any atom is -0.314 e. The number of hydrogen-bond donors (Lipinski definition) is 1. The van der Waals surface area contributed by atoms with E-state index in [2.05, 4.69) is 10.2 Å². The van der Waals surface area contributed by atoms with Crippen LogP contribution in [0.25, 0.3) is 0 Å². The molecule has 84 valence electrons. The second-order valence-electron chi connectivity index (χ2n) is 3.81. The zero-order valence-electron chi connectivity index (χ0n) is 8.40. The maximum absolute atomic E-state index is 11.9. The highest BCUT2D eigenvalue weighted by molar-refractivity contribution is 4.75. The predicted molar refractivity (Wildman–Crippen MR) is 49.2 cm³/mol. The van der Waals surface area contributed by atoms with Crippen molar-refractivity contribution in [3.63, 3.8) is 0 Å². The third-order valence-corrected chi connectivity index (χ3v) is 2.54. The van der Waals surface area contributed by atoms with Crippen molar-refractivity contribution in [3.05, 3.63) is 0 Å². The molecule has 2 nitrogen and oxygen atoms in total. The number of nitrogens with zero attached hydrogens (tertiary/aromatic N) is 1. The Hall–Kier alpha value is -0.290. The summed E-state index contributed by atoms with van der Waals surface area (Å²) in [6.07, 6.45) is -4.45. The summed E-state index contributed by atoms with van der Waals surface area (Å²) in [6.45, 7) is 5.23. The monoisotopic (exact) mass is 210 g/mol. The van der Waals surface area contributed by atoms with Crippen LogP contribution in [0, 0.1) is 0 Å². The lowest BCUT2D eigenvalue weighted by Crippen LogP contribution is -2.50. The lowest BCUT2D eigenvalue weighted by Gasteiger charge is -2.33. The lowest BCUT2D eigenvalue weighted by molar-refractivity contribution is -0.136. The van der Waals surface area contributed by atoms with Crippen LogP contribution in [-0.4, -0.2) is 43.3 Å². The van der Waals surface area contributed by atoms with Crippen LogP contribution >= 0.6 is 0 Å². The van der Waals surface area contributed by atoms with Gasteiger partial charge in [0.15, 0.2) is 0 Å². The molecule has 1 atom stereocenters. The van der Waals surface area contributed by atoms with E-state index >= 15 is 0 Å². The lowest BCUT2D eigenvalue weighted by atomic mass is 10.2. The van der Waals surface area contributed by atoms with Crippen molar-refractivity contribution in [2.75, 3.05) is 26.2 Å². The third-order valence-electron chi connectivity index (χ3n) is 2.54. The van der Waals surface area contributed by atoms with Gasteiger partial charge in [-0.25, -0.2) is 0 Å². The number of rotatable bonds is 3. The molecule has 0 aromatic rings. The highest BCUT2D eigenvalue weighted by Crippen LogP contribution is 2.21. The molecule has 0 aliphatic carbocycles. The summed E-state index contributed by atoms with van der Waals surface area (Å²) in [5.41, 5.74) is 0. The Balaban J connectivity index is 2.17. The van der Waals surface area contributed by atoms with E-state index in [1.807, 2.05) is 6.92 Å². The Labute approximate surface area is 82.5 Å². The second-order valence-corrected chi connectivity index (χ2v) is 3.81. The maximum Gasteiger partial charge on any atom is 0.389 e. The standard InChI is InChI=1S/C9H17F3N2/c1-8-7-13-4-6-14(8)5-2-3-9(10,11)12/h8,13H,2-7H2,1H3. The van der Waals surface area contributed by atoms with Gasteiger partial charge in [0.2, 0.25) is 0 Å². The zero-order valence-corrected chi connectivity index (χ0v) is 8.40. The van der Waals surface area contributed by atoms with Crippen LogP contribution in [-0.2, 0) is 0 Å². The van der Waals surface area contributed by atoms with E-state index in [9.17, 15) is 13.2 Å². The fraction of sp³-hybridized carbons (Fsp3) is 1.00. The Morgan fingerprint density at radius 3 is 2.71 bits per heavy atom. The molecular weight excluding hydrogens is 193 g/mol. The molecule has 1 aliphatic heterocycles. The molecule has 14 heavy (non-hydrogen) atoms. The number of hydrogen-bond acceptors (Lipinski definition) is 2. The van der Waals surface area contributed by atoms with Crippen LogP contribution in [0.5, 0.6) is 0 Å². The number of nitrogens with one attached hydrogen (secondary N) is 1. The average molecular weight is 210 g/mol. The van der Waals surface area contributed by atoms with Crippen LogP contribution in [0.15, 0.2) is 0 Å². The highest BCUT2D eigenvalue weighted by Gasteiger charge is 2.27. The average Bonchev–Trinajstić information content (AvgIpc) is 2.06. The highest BCUT2D eigenvalue weighted by atomic mass is 19.4. The SMILES string of the molecule is CC1CNCCN1CCCC(F)(F)F. The molecule has 1 unspecified atom stereocenters. The van der Waals surface area contributed by atoms with Crippen LogP contribution in [0.4, 0.5) is 13.2 Å². The molecule has 1 saturated heterocycles. The van der Waals surface area contributed by atoms with Crippen LogP contribution < -0.4 is 5.32 Å². The second kappa shape index (κ2) is 4.98. The molecule has 1 aliphatic rings. The Bertz CT molecular complexity index is 170. The van der Waals surface area contributed by atoms with Gasteiger partial charge in [-0.15, -0.1) is 0 Å². The quantitative estimate of drug-likeness (QED) is 0.761. The molecule has 0 bridgehead atoms. The van der Waals surface area contributed by atoms with Crippen molar-refractivity contribution < 1.29 is 13.2 Å². The van der Waals surface area contributed by atoms with Gasteiger partial charge >= 0.3 is 6.18 Å². The summed E-state index contributed by atoms with van der Waals surface area (Å²) in [5, 5.41) is 3.21. The van der Waals surface area contributed by atoms with Crippen molar-refractivity contribution in [2.24, 2.45) is 0 Å². The fourth-order valence-corrected chi connectivity index (χ4v) is 1.70. The zero-order chi connectivity index (χ0) is 10.6. The molecule has 0 radical (unpaired) electrons. The fourth-order valence-electron chi connectivity index (χ4n) is 1.70. The van der Waals surface area contributed by atoms with Crippen LogP contribution in [0.2, 0.25) is 0 Å². The number of alkyl halides is 3. The van der Waals surface area contributed by atoms with E-state index in [1.165, 1.54) is 0 Å². The Kier molecular flexibility index (Phi) is 4.19. The first-order valence-corrected chi connectivity index (χ1v) is 5.00. The van der Waals surface area contributed by atoms with Gasteiger partial charge in [-0.3, -0.25) is 4.90 Å². The van der Waals surface area contributed by atoms with E-state index in [1.54, 1.807) is 0 Å². The van der Waals surface area contributed by atoms with Gasteiger partial charge in [0.1, 0.15) is 0 Å².